The number of thioether (sulfide) groups is 1. The van der Waals surface area contributed by atoms with E-state index in [-0.39, 0.29) is 5.91 Å². The van der Waals surface area contributed by atoms with E-state index in [1.807, 2.05) is 11.9 Å². The number of rotatable bonds is 6. The molecule has 0 aromatic heterocycles. The molecule has 0 radical (unpaired) electrons. The maximum absolute atomic E-state index is 11.9. The van der Waals surface area contributed by atoms with Crippen LogP contribution in [-0.2, 0) is 11.3 Å². The van der Waals surface area contributed by atoms with Crippen LogP contribution >= 0.6 is 11.8 Å². The van der Waals surface area contributed by atoms with E-state index in [1.165, 1.54) is 10.5 Å². The first-order valence-corrected chi connectivity index (χ1v) is 7.62. The summed E-state index contributed by atoms with van der Waals surface area (Å²) in [6.45, 7) is 4.99. The van der Waals surface area contributed by atoms with Gasteiger partial charge in [-0.1, -0.05) is 26.0 Å². The number of hydrogen-bond donors (Lipinski definition) is 0. The van der Waals surface area contributed by atoms with Crippen LogP contribution < -0.4 is 0 Å². The van der Waals surface area contributed by atoms with Crippen LogP contribution in [0.4, 0.5) is 0 Å². The molecule has 0 fully saturated rings. The Balaban J connectivity index is 2.47. The van der Waals surface area contributed by atoms with Crippen molar-refractivity contribution in [2.75, 3.05) is 13.3 Å². The van der Waals surface area contributed by atoms with Crippen molar-refractivity contribution in [3.05, 3.63) is 29.8 Å². The van der Waals surface area contributed by atoms with Crippen LogP contribution in [0.25, 0.3) is 0 Å². The highest BCUT2D eigenvalue weighted by Gasteiger charge is 2.09. The van der Waals surface area contributed by atoms with E-state index >= 15 is 0 Å². The summed E-state index contributed by atoms with van der Waals surface area (Å²) in [7, 11) is 1.88. The van der Waals surface area contributed by atoms with Gasteiger partial charge in [-0.3, -0.25) is 4.79 Å². The maximum atomic E-state index is 11.9. The van der Waals surface area contributed by atoms with E-state index < -0.39 is 0 Å². The van der Waals surface area contributed by atoms with Gasteiger partial charge < -0.3 is 4.90 Å². The Morgan fingerprint density at radius 3 is 2.39 bits per heavy atom. The summed E-state index contributed by atoms with van der Waals surface area (Å²) in [5.74, 6) is 0.820. The quantitative estimate of drug-likeness (QED) is 0.729. The third-order valence-electron chi connectivity index (χ3n) is 2.94. The molecule has 1 aromatic rings. The van der Waals surface area contributed by atoms with Crippen LogP contribution in [0.2, 0.25) is 0 Å². The fourth-order valence-electron chi connectivity index (χ4n) is 1.70. The van der Waals surface area contributed by atoms with Crippen LogP contribution in [-0.4, -0.2) is 24.1 Å². The number of carbonyl (C=O) groups excluding carboxylic acids is 1. The van der Waals surface area contributed by atoms with Crippen LogP contribution in [0, 0.1) is 5.92 Å². The van der Waals surface area contributed by atoms with E-state index in [4.69, 9.17) is 0 Å². The average Bonchev–Trinajstić information content (AvgIpc) is 2.36. The molecule has 100 valence electrons. The molecular formula is C15H23NOS. The first-order chi connectivity index (χ1) is 8.52. The summed E-state index contributed by atoms with van der Waals surface area (Å²) in [4.78, 5) is 15.0. The van der Waals surface area contributed by atoms with E-state index in [0.29, 0.717) is 18.9 Å². The predicted octanol–water partition coefficient (Wildman–Crippen LogP) is 3.80. The summed E-state index contributed by atoms with van der Waals surface area (Å²) in [6.07, 6.45) is 3.68. The Morgan fingerprint density at radius 1 is 1.28 bits per heavy atom. The molecule has 18 heavy (non-hydrogen) atoms. The minimum absolute atomic E-state index is 0.234. The van der Waals surface area contributed by atoms with E-state index in [2.05, 4.69) is 44.4 Å². The number of carbonyl (C=O) groups is 1. The molecule has 0 unspecified atom stereocenters. The molecule has 0 saturated heterocycles. The second-order valence-corrected chi connectivity index (χ2v) is 5.91. The molecule has 0 saturated carbocycles. The van der Waals surface area contributed by atoms with Gasteiger partial charge in [0, 0.05) is 24.9 Å². The highest BCUT2D eigenvalue weighted by Crippen LogP contribution is 2.16. The zero-order chi connectivity index (χ0) is 13.5. The van der Waals surface area contributed by atoms with Gasteiger partial charge in [-0.15, -0.1) is 11.8 Å². The van der Waals surface area contributed by atoms with Gasteiger partial charge >= 0.3 is 0 Å². The lowest BCUT2D eigenvalue weighted by Gasteiger charge is -2.18. The van der Waals surface area contributed by atoms with Gasteiger partial charge in [0.15, 0.2) is 0 Å². The Bertz CT molecular complexity index is 373. The number of benzene rings is 1. The Morgan fingerprint density at radius 2 is 1.89 bits per heavy atom. The Hall–Kier alpha value is -0.960. The highest BCUT2D eigenvalue weighted by molar-refractivity contribution is 7.98. The van der Waals surface area contributed by atoms with Gasteiger partial charge in [0.25, 0.3) is 0 Å². The first-order valence-electron chi connectivity index (χ1n) is 6.39. The van der Waals surface area contributed by atoms with Crippen molar-refractivity contribution in [2.24, 2.45) is 5.92 Å². The molecule has 0 bridgehead atoms. The van der Waals surface area contributed by atoms with Gasteiger partial charge in [-0.05, 0) is 36.3 Å². The standard InChI is InChI=1S/C15H23NOS/c1-12(2)5-10-15(17)16(3)11-13-6-8-14(18-4)9-7-13/h6-9,12H,5,10-11H2,1-4H3. The zero-order valence-electron chi connectivity index (χ0n) is 11.8. The van der Waals surface area contributed by atoms with Crippen molar-refractivity contribution >= 4 is 17.7 Å². The minimum atomic E-state index is 0.234. The van der Waals surface area contributed by atoms with Crippen LogP contribution in [0.3, 0.4) is 0 Å². The molecule has 3 heteroatoms. The second-order valence-electron chi connectivity index (χ2n) is 5.03. The van der Waals surface area contributed by atoms with Crippen molar-refractivity contribution in [1.29, 1.82) is 0 Å². The summed E-state index contributed by atoms with van der Waals surface area (Å²) >= 11 is 1.73. The van der Waals surface area contributed by atoms with Crippen LogP contribution in [0.15, 0.2) is 29.2 Å². The van der Waals surface area contributed by atoms with Gasteiger partial charge in [0.1, 0.15) is 0 Å². The van der Waals surface area contributed by atoms with Crippen LogP contribution in [0.1, 0.15) is 32.3 Å². The molecule has 2 nitrogen and oxygen atoms in total. The summed E-state index contributed by atoms with van der Waals surface area (Å²) in [5, 5.41) is 0. The van der Waals surface area contributed by atoms with Crippen molar-refractivity contribution in [2.45, 2.75) is 38.1 Å². The molecular weight excluding hydrogens is 242 g/mol. The predicted molar refractivity (Wildman–Crippen MR) is 78.8 cm³/mol. The van der Waals surface area contributed by atoms with Crippen LogP contribution in [0.5, 0.6) is 0 Å². The first kappa shape index (κ1) is 15.1. The summed E-state index contributed by atoms with van der Waals surface area (Å²) in [5.41, 5.74) is 1.19. The van der Waals surface area contributed by atoms with Crippen molar-refractivity contribution < 1.29 is 4.79 Å². The lowest BCUT2D eigenvalue weighted by Crippen LogP contribution is -2.26. The molecule has 1 amide bonds. The van der Waals surface area contributed by atoms with Gasteiger partial charge in [0.2, 0.25) is 5.91 Å². The van der Waals surface area contributed by atoms with Crippen molar-refractivity contribution in [3.8, 4) is 0 Å². The van der Waals surface area contributed by atoms with Gasteiger partial charge in [-0.25, -0.2) is 0 Å². The molecule has 0 aliphatic heterocycles. The minimum Gasteiger partial charge on any atom is -0.341 e. The Kier molecular flexibility index (Phi) is 6.27. The van der Waals surface area contributed by atoms with E-state index in [1.54, 1.807) is 11.8 Å². The van der Waals surface area contributed by atoms with E-state index in [9.17, 15) is 4.79 Å². The lowest BCUT2D eigenvalue weighted by atomic mass is 10.1. The third-order valence-corrected chi connectivity index (χ3v) is 3.68. The van der Waals surface area contributed by atoms with E-state index in [0.717, 1.165) is 6.42 Å². The molecule has 0 aliphatic carbocycles. The normalized spacial score (nSPS) is 10.7. The molecule has 1 aromatic carbocycles. The summed E-state index contributed by atoms with van der Waals surface area (Å²) < 4.78 is 0. The lowest BCUT2D eigenvalue weighted by molar-refractivity contribution is -0.130. The molecule has 0 atom stereocenters. The number of amides is 1. The zero-order valence-corrected chi connectivity index (χ0v) is 12.6. The topological polar surface area (TPSA) is 20.3 Å². The third kappa shape index (κ3) is 5.13. The van der Waals surface area contributed by atoms with Gasteiger partial charge in [0.05, 0.1) is 0 Å². The maximum Gasteiger partial charge on any atom is 0.222 e. The molecule has 0 heterocycles. The summed E-state index contributed by atoms with van der Waals surface area (Å²) in [6, 6.07) is 8.40. The highest BCUT2D eigenvalue weighted by atomic mass is 32.2. The molecule has 0 aliphatic rings. The second kappa shape index (κ2) is 7.47. The van der Waals surface area contributed by atoms with Crippen molar-refractivity contribution in [1.82, 2.24) is 4.90 Å². The molecule has 0 spiro atoms. The number of nitrogens with zero attached hydrogens (tertiary/aromatic N) is 1. The Labute approximate surface area is 115 Å². The SMILES string of the molecule is CSc1ccc(CN(C)C(=O)CCC(C)C)cc1. The number of hydrogen-bond acceptors (Lipinski definition) is 2. The fraction of sp³-hybridized carbons (Fsp3) is 0.533. The van der Waals surface area contributed by atoms with Gasteiger partial charge in [-0.2, -0.15) is 0 Å². The molecule has 0 N–H and O–H groups in total. The molecule has 1 rings (SSSR count). The smallest absolute Gasteiger partial charge is 0.222 e. The largest absolute Gasteiger partial charge is 0.341 e. The fourth-order valence-corrected chi connectivity index (χ4v) is 2.10. The van der Waals surface area contributed by atoms with Crippen molar-refractivity contribution in [3.63, 3.8) is 0 Å². The monoisotopic (exact) mass is 265 g/mol. The average molecular weight is 265 g/mol.